The van der Waals surface area contributed by atoms with Crippen LogP contribution in [0.15, 0.2) is 18.2 Å². The Bertz CT molecular complexity index is 603. The fourth-order valence-corrected chi connectivity index (χ4v) is 3.79. The van der Waals surface area contributed by atoms with E-state index in [1.54, 1.807) is 7.11 Å². The van der Waals surface area contributed by atoms with Crippen LogP contribution in [0, 0.1) is 0 Å². The minimum atomic E-state index is -0.674. The van der Waals surface area contributed by atoms with Crippen LogP contribution in [0.5, 0.6) is 11.5 Å². The van der Waals surface area contributed by atoms with Gasteiger partial charge < -0.3 is 19.5 Å². The molecule has 2 fully saturated rings. The molecule has 2 heterocycles. The summed E-state index contributed by atoms with van der Waals surface area (Å²) in [6.45, 7) is 7.13. The van der Waals surface area contributed by atoms with Crippen molar-refractivity contribution in [2.75, 3.05) is 66.6 Å². The summed E-state index contributed by atoms with van der Waals surface area (Å²) in [4.78, 5) is 6.83. The van der Waals surface area contributed by atoms with E-state index in [0.29, 0.717) is 19.4 Å². The van der Waals surface area contributed by atoms with Gasteiger partial charge in [0.05, 0.1) is 7.11 Å². The number of hydrogen-bond donors (Lipinski definition) is 1. The molecule has 0 aromatic heterocycles. The van der Waals surface area contributed by atoms with Crippen LogP contribution in [0.3, 0.4) is 0 Å². The fourth-order valence-electron chi connectivity index (χ4n) is 3.79. The van der Waals surface area contributed by atoms with Gasteiger partial charge in [-0.3, -0.25) is 9.80 Å². The van der Waals surface area contributed by atoms with Gasteiger partial charge in [0.15, 0.2) is 0 Å². The molecular formula is C21H34FN3O3. The number of aliphatic hydroxyl groups is 1. The van der Waals surface area contributed by atoms with Crippen LogP contribution in [0.1, 0.15) is 18.4 Å². The first-order valence-corrected chi connectivity index (χ1v) is 10.3. The summed E-state index contributed by atoms with van der Waals surface area (Å²) in [5, 5.41) is 10.4. The van der Waals surface area contributed by atoms with Gasteiger partial charge in [-0.2, -0.15) is 0 Å². The molecule has 1 N–H and O–H groups in total. The molecule has 0 amide bonds. The Balaban J connectivity index is 1.55. The molecule has 0 radical (unpaired) electrons. The van der Waals surface area contributed by atoms with E-state index in [-0.39, 0.29) is 6.61 Å². The lowest BCUT2D eigenvalue weighted by atomic mass is 10.1. The van der Waals surface area contributed by atoms with Crippen molar-refractivity contribution in [2.24, 2.45) is 0 Å². The number of benzene rings is 1. The molecule has 7 heteroatoms. The summed E-state index contributed by atoms with van der Waals surface area (Å²) >= 11 is 0. The summed E-state index contributed by atoms with van der Waals surface area (Å²) < 4.78 is 24.7. The highest BCUT2D eigenvalue weighted by Crippen LogP contribution is 2.27. The molecule has 28 heavy (non-hydrogen) atoms. The van der Waals surface area contributed by atoms with Gasteiger partial charge in [-0.15, -0.1) is 0 Å². The second kappa shape index (κ2) is 10.4. The maximum absolute atomic E-state index is 13.4. The summed E-state index contributed by atoms with van der Waals surface area (Å²) in [7, 11) is 3.75. The summed E-state index contributed by atoms with van der Waals surface area (Å²) in [5.41, 5.74) is 1.05. The maximum atomic E-state index is 13.4. The van der Waals surface area contributed by atoms with Crippen LogP contribution in [-0.4, -0.2) is 98.7 Å². The third-order valence-electron chi connectivity index (χ3n) is 5.68. The standard InChI is InChI=1S/C21H34FN3O3/c1-23-9-11-25(12-10-23)15-19(26)16-28-21-13-20(27-2)4-3-17(21)14-24-7-5-18(22)6-8-24/h3-4,13,18-19,26H,5-12,14-16H2,1-2H3. The molecule has 2 aliphatic rings. The van der Waals surface area contributed by atoms with E-state index >= 15 is 0 Å². The number of likely N-dealkylation sites (N-methyl/N-ethyl adjacent to an activating group) is 1. The van der Waals surface area contributed by atoms with Gasteiger partial charge in [0.2, 0.25) is 0 Å². The van der Waals surface area contributed by atoms with E-state index in [9.17, 15) is 9.50 Å². The second-order valence-corrected chi connectivity index (χ2v) is 7.99. The average Bonchev–Trinajstić information content (AvgIpc) is 2.70. The number of aliphatic hydroxyl groups excluding tert-OH is 1. The van der Waals surface area contributed by atoms with Gasteiger partial charge in [-0.25, -0.2) is 4.39 Å². The highest BCUT2D eigenvalue weighted by atomic mass is 19.1. The van der Waals surface area contributed by atoms with E-state index in [0.717, 1.165) is 62.9 Å². The van der Waals surface area contributed by atoms with Crippen molar-refractivity contribution >= 4 is 0 Å². The second-order valence-electron chi connectivity index (χ2n) is 7.99. The average molecular weight is 396 g/mol. The minimum absolute atomic E-state index is 0.249. The highest BCUT2D eigenvalue weighted by Gasteiger charge is 2.21. The Hall–Kier alpha value is -1.41. The molecule has 3 rings (SSSR count). The van der Waals surface area contributed by atoms with Crippen molar-refractivity contribution in [3.63, 3.8) is 0 Å². The Morgan fingerprint density at radius 1 is 1.11 bits per heavy atom. The third kappa shape index (κ3) is 6.30. The van der Waals surface area contributed by atoms with Crippen molar-refractivity contribution in [3.05, 3.63) is 23.8 Å². The van der Waals surface area contributed by atoms with E-state index in [4.69, 9.17) is 9.47 Å². The Morgan fingerprint density at radius 2 is 1.82 bits per heavy atom. The summed E-state index contributed by atoms with van der Waals surface area (Å²) in [5.74, 6) is 1.47. The van der Waals surface area contributed by atoms with Gasteiger partial charge in [0, 0.05) is 64.0 Å². The predicted molar refractivity (Wildman–Crippen MR) is 108 cm³/mol. The summed E-state index contributed by atoms with van der Waals surface area (Å²) in [6, 6.07) is 5.80. The van der Waals surface area contributed by atoms with Crippen LogP contribution in [-0.2, 0) is 6.54 Å². The number of ether oxygens (including phenoxy) is 2. The zero-order valence-electron chi connectivity index (χ0n) is 17.1. The van der Waals surface area contributed by atoms with Gasteiger partial charge >= 0.3 is 0 Å². The van der Waals surface area contributed by atoms with E-state index in [1.165, 1.54) is 0 Å². The van der Waals surface area contributed by atoms with Crippen molar-refractivity contribution < 1.29 is 19.0 Å². The number of nitrogens with zero attached hydrogens (tertiary/aromatic N) is 3. The molecule has 0 aliphatic carbocycles. The smallest absolute Gasteiger partial charge is 0.127 e. The minimum Gasteiger partial charge on any atom is -0.497 e. The van der Waals surface area contributed by atoms with Crippen LogP contribution in [0.25, 0.3) is 0 Å². The molecule has 0 bridgehead atoms. The van der Waals surface area contributed by atoms with Crippen molar-refractivity contribution in [1.82, 2.24) is 14.7 Å². The highest BCUT2D eigenvalue weighted by molar-refractivity contribution is 5.40. The van der Waals surface area contributed by atoms with Crippen molar-refractivity contribution in [1.29, 1.82) is 0 Å². The SMILES string of the molecule is COc1ccc(CN2CCC(F)CC2)c(OCC(O)CN2CCN(C)CC2)c1. The number of piperazine rings is 1. The van der Waals surface area contributed by atoms with E-state index in [1.807, 2.05) is 18.2 Å². The fraction of sp³-hybridized carbons (Fsp3) is 0.714. The lowest BCUT2D eigenvalue weighted by Crippen LogP contribution is -2.47. The Kier molecular flexibility index (Phi) is 7.91. The molecular weight excluding hydrogens is 361 g/mol. The molecule has 6 nitrogen and oxygen atoms in total. The molecule has 2 saturated heterocycles. The van der Waals surface area contributed by atoms with E-state index in [2.05, 4.69) is 21.7 Å². The number of β-amino-alcohol motifs (C(OH)–C–C–N with tert-alkyl or cyclic N) is 1. The van der Waals surface area contributed by atoms with Crippen LogP contribution in [0.2, 0.25) is 0 Å². The number of methoxy groups -OCH3 is 1. The van der Waals surface area contributed by atoms with Gasteiger partial charge in [0.25, 0.3) is 0 Å². The molecule has 1 unspecified atom stereocenters. The number of hydrogen-bond acceptors (Lipinski definition) is 6. The van der Waals surface area contributed by atoms with Crippen molar-refractivity contribution in [3.8, 4) is 11.5 Å². The lowest BCUT2D eigenvalue weighted by molar-refractivity contribution is 0.0498. The zero-order chi connectivity index (χ0) is 19.9. The first-order valence-electron chi connectivity index (χ1n) is 10.3. The first-order chi connectivity index (χ1) is 13.5. The number of halogens is 1. The quantitative estimate of drug-likeness (QED) is 0.722. The third-order valence-corrected chi connectivity index (χ3v) is 5.68. The van der Waals surface area contributed by atoms with Crippen molar-refractivity contribution in [2.45, 2.75) is 31.7 Å². The monoisotopic (exact) mass is 395 g/mol. The largest absolute Gasteiger partial charge is 0.497 e. The normalized spacial score (nSPS) is 21.6. The van der Waals surface area contributed by atoms with Crippen LogP contribution >= 0.6 is 0 Å². The number of likely N-dealkylation sites (tertiary alicyclic amines) is 1. The number of alkyl halides is 1. The Labute approximate surface area is 167 Å². The van der Waals surface area contributed by atoms with Crippen LogP contribution in [0.4, 0.5) is 4.39 Å². The first kappa shape index (κ1) is 21.3. The zero-order valence-corrected chi connectivity index (χ0v) is 17.1. The Morgan fingerprint density at radius 3 is 2.50 bits per heavy atom. The molecule has 158 valence electrons. The van der Waals surface area contributed by atoms with Crippen LogP contribution < -0.4 is 9.47 Å². The van der Waals surface area contributed by atoms with Gasteiger partial charge in [-0.1, -0.05) is 6.07 Å². The molecule has 2 aliphatic heterocycles. The molecule has 1 aromatic carbocycles. The number of rotatable bonds is 8. The lowest BCUT2D eigenvalue weighted by Gasteiger charge is -2.33. The van der Waals surface area contributed by atoms with E-state index < -0.39 is 12.3 Å². The summed E-state index contributed by atoms with van der Waals surface area (Å²) in [6.07, 6.45) is -0.0242. The molecule has 0 saturated carbocycles. The molecule has 1 aromatic rings. The topological polar surface area (TPSA) is 48.4 Å². The molecule has 0 spiro atoms. The number of piperidine rings is 1. The molecule has 1 atom stereocenters. The van der Waals surface area contributed by atoms with Gasteiger partial charge in [0.1, 0.15) is 30.4 Å². The maximum Gasteiger partial charge on any atom is 0.127 e. The van der Waals surface area contributed by atoms with Gasteiger partial charge in [-0.05, 0) is 26.0 Å². The predicted octanol–water partition coefficient (Wildman–Crippen LogP) is 1.62.